The van der Waals surface area contributed by atoms with Gasteiger partial charge in [0.15, 0.2) is 0 Å². The van der Waals surface area contributed by atoms with Crippen LogP contribution in [0, 0.1) is 0 Å². The van der Waals surface area contributed by atoms with Crippen LogP contribution in [0.2, 0.25) is 0 Å². The molecular formula is C23H18Br2N2O2. The Balaban J connectivity index is 1.58. The Kier molecular flexibility index (Phi) is 4.84. The maximum atomic E-state index is 6.42. The number of nitrogens with zero attached hydrogens (tertiary/aromatic N) is 2. The summed E-state index contributed by atoms with van der Waals surface area (Å²) in [5.74, 6) is 1.75. The van der Waals surface area contributed by atoms with Gasteiger partial charge in [-0.1, -0.05) is 44.0 Å². The van der Waals surface area contributed by atoms with Crippen LogP contribution in [-0.2, 0) is 0 Å². The van der Waals surface area contributed by atoms with Gasteiger partial charge in [0.25, 0.3) is 0 Å². The summed E-state index contributed by atoms with van der Waals surface area (Å²) in [5, 5.41) is 7.10. The van der Waals surface area contributed by atoms with Gasteiger partial charge in [-0.15, -0.1) is 0 Å². The first-order valence-corrected chi connectivity index (χ1v) is 10.9. The molecule has 0 unspecified atom stereocenters. The molecule has 0 saturated carbocycles. The third kappa shape index (κ3) is 3.45. The van der Waals surface area contributed by atoms with Crippen molar-refractivity contribution in [3.05, 3.63) is 92.4 Å². The van der Waals surface area contributed by atoms with Crippen LogP contribution in [0.1, 0.15) is 35.4 Å². The number of hydrogen-bond donors (Lipinski definition) is 0. The van der Waals surface area contributed by atoms with Crippen molar-refractivity contribution in [1.82, 2.24) is 5.01 Å². The minimum atomic E-state index is -0.276. The van der Waals surface area contributed by atoms with E-state index in [0.29, 0.717) is 0 Å². The molecule has 3 aromatic rings. The Morgan fingerprint density at radius 1 is 1.00 bits per heavy atom. The molecule has 0 aromatic heterocycles. The molecule has 0 spiro atoms. The fourth-order valence-corrected chi connectivity index (χ4v) is 4.69. The van der Waals surface area contributed by atoms with E-state index in [0.717, 1.165) is 49.3 Å². The van der Waals surface area contributed by atoms with Gasteiger partial charge < -0.3 is 9.47 Å². The van der Waals surface area contributed by atoms with Crippen molar-refractivity contribution in [2.75, 3.05) is 7.11 Å². The lowest BCUT2D eigenvalue weighted by Gasteiger charge is -2.38. The molecular weight excluding hydrogens is 496 g/mol. The molecule has 2 aliphatic rings. The van der Waals surface area contributed by atoms with E-state index in [9.17, 15) is 0 Å². The minimum Gasteiger partial charge on any atom is -0.497 e. The molecule has 0 radical (unpaired) electrons. The van der Waals surface area contributed by atoms with Crippen LogP contribution in [0.5, 0.6) is 11.5 Å². The number of benzene rings is 3. The molecule has 29 heavy (non-hydrogen) atoms. The second-order valence-electron chi connectivity index (χ2n) is 7.08. The highest BCUT2D eigenvalue weighted by atomic mass is 79.9. The van der Waals surface area contributed by atoms with E-state index in [1.165, 1.54) is 0 Å². The third-order valence-corrected chi connectivity index (χ3v) is 6.30. The van der Waals surface area contributed by atoms with Gasteiger partial charge in [0, 0.05) is 26.5 Å². The molecule has 0 saturated heterocycles. The van der Waals surface area contributed by atoms with Crippen LogP contribution >= 0.6 is 31.9 Å². The highest BCUT2D eigenvalue weighted by molar-refractivity contribution is 9.10. The van der Waals surface area contributed by atoms with Crippen LogP contribution in [0.15, 0.2) is 80.8 Å². The molecule has 4 nitrogen and oxygen atoms in total. The predicted molar refractivity (Wildman–Crippen MR) is 120 cm³/mol. The van der Waals surface area contributed by atoms with E-state index < -0.39 is 0 Å². The van der Waals surface area contributed by atoms with E-state index in [-0.39, 0.29) is 12.3 Å². The summed E-state index contributed by atoms with van der Waals surface area (Å²) in [6.45, 7) is 0. The zero-order valence-corrected chi connectivity index (χ0v) is 18.9. The number of hydrazone groups is 1. The molecule has 146 valence electrons. The van der Waals surface area contributed by atoms with Crippen molar-refractivity contribution in [2.24, 2.45) is 5.10 Å². The highest BCUT2D eigenvalue weighted by Gasteiger charge is 2.41. The monoisotopic (exact) mass is 512 g/mol. The van der Waals surface area contributed by atoms with E-state index in [1.54, 1.807) is 7.11 Å². The Bertz CT molecular complexity index is 1100. The third-order valence-electron chi connectivity index (χ3n) is 5.31. The Morgan fingerprint density at radius 3 is 2.55 bits per heavy atom. The zero-order valence-electron chi connectivity index (χ0n) is 15.7. The van der Waals surface area contributed by atoms with Crippen LogP contribution in [-0.4, -0.2) is 17.8 Å². The van der Waals surface area contributed by atoms with Gasteiger partial charge in [-0.2, -0.15) is 5.10 Å². The van der Waals surface area contributed by atoms with Crippen molar-refractivity contribution in [3.63, 3.8) is 0 Å². The number of halogens is 2. The number of methoxy groups -OCH3 is 1. The van der Waals surface area contributed by atoms with Gasteiger partial charge in [0.05, 0.1) is 18.9 Å². The van der Waals surface area contributed by atoms with Gasteiger partial charge in [-0.25, -0.2) is 5.01 Å². The number of rotatable bonds is 3. The van der Waals surface area contributed by atoms with E-state index >= 15 is 0 Å². The average Bonchev–Trinajstić information content (AvgIpc) is 3.19. The quantitative estimate of drug-likeness (QED) is 0.403. The molecule has 5 rings (SSSR count). The second-order valence-corrected chi connectivity index (χ2v) is 8.91. The maximum absolute atomic E-state index is 6.42. The molecule has 0 fully saturated rings. The SMILES string of the molecule is COc1ccc(C2=NN3[C@@H](C2)c2cc(Br)ccc2O[C@H]3c2cccc(Br)c2)cc1. The molecule has 2 atom stereocenters. The van der Waals surface area contributed by atoms with Gasteiger partial charge in [-0.3, -0.25) is 0 Å². The average molecular weight is 514 g/mol. The number of fused-ring (bicyclic) bond motifs is 3. The fourth-order valence-electron chi connectivity index (χ4n) is 3.90. The molecule has 2 heterocycles. The fraction of sp³-hybridized carbons (Fsp3) is 0.174. The first kappa shape index (κ1) is 18.7. The molecule has 3 aromatic carbocycles. The topological polar surface area (TPSA) is 34.1 Å². The molecule has 6 heteroatoms. The summed E-state index contributed by atoms with van der Waals surface area (Å²) in [6, 6.07) is 22.6. The van der Waals surface area contributed by atoms with Gasteiger partial charge in [-0.05, 0) is 60.2 Å². The predicted octanol–water partition coefficient (Wildman–Crippen LogP) is 6.46. The summed E-state index contributed by atoms with van der Waals surface area (Å²) in [6.07, 6.45) is 0.547. The highest BCUT2D eigenvalue weighted by Crippen LogP contribution is 2.48. The maximum Gasteiger partial charge on any atom is 0.213 e. The Morgan fingerprint density at radius 2 is 1.79 bits per heavy atom. The molecule has 2 aliphatic heterocycles. The second kappa shape index (κ2) is 7.50. The Hall–Kier alpha value is -2.31. The summed E-state index contributed by atoms with van der Waals surface area (Å²) in [7, 11) is 1.68. The van der Waals surface area contributed by atoms with Gasteiger partial charge in [0.2, 0.25) is 6.23 Å². The smallest absolute Gasteiger partial charge is 0.213 e. The van der Waals surface area contributed by atoms with Gasteiger partial charge >= 0.3 is 0 Å². The molecule has 0 bridgehead atoms. The number of ether oxygens (including phenoxy) is 2. The van der Waals surface area contributed by atoms with Crippen LogP contribution in [0.3, 0.4) is 0 Å². The Labute approximate surface area is 186 Å². The summed E-state index contributed by atoms with van der Waals surface area (Å²) >= 11 is 7.18. The molecule has 0 N–H and O–H groups in total. The van der Waals surface area contributed by atoms with Crippen molar-refractivity contribution in [2.45, 2.75) is 18.7 Å². The van der Waals surface area contributed by atoms with E-state index in [1.807, 2.05) is 36.4 Å². The first-order chi connectivity index (χ1) is 14.1. The molecule has 0 aliphatic carbocycles. The minimum absolute atomic E-state index is 0.123. The van der Waals surface area contributed by atoms with Crippen LogP contribution in [0.4, 0.5) is 0 Å². The summed E-state index contributed by atoms with van der Waals surface area (Å²) in [4.78, 5) is 0. The van der Waals surface area contributed by atoms with E-state index in [2.05, 4.69) is 67.2 Å². The van der Waals surface area contributed by atoms with Crippen molar-refractivity contribution in [3.8, 4) is 11.5 Å². The van der Waals surface area contributed by atoms with Crippen molar-refractivity contribution >= 4 is 37.6 Å². The first-order valence-electron chi connectivity index (χ1n) is 9.34. The lowest BCUT2D eigenvalue weighted by Crippen LogP contribution is -2.33. The van der Waals surface area contributed by atoms with Crippen LogP contribution < -0.4 is 9.47 Å². The van der Waals surface area contributed by atoms with E-state index in [4.69, 9.17) is 14.6 Å². The largest absolute Gasteiger partial charge is 0.497 e. The standard InChI is InChI=1S/C23H18Br2N2O2/c1-28-18-8-5-14(6-9-18)20-13-21-19-12-17(25)7-10-22(19)29-23(27(21)26-20)15-3-2-4-16(24)11-15/h2-12,21,23H,13H2,1H3/t21-,23-/m0/s1. The molecule has 0 amide bonds. The normalized spacial score (nSPS) is 19.8. The lowest BCUT2D eigenvalue weighted by molar-refractivity contribution is -0.0191. The van der Waals surface area contributed by atoms with Crippen molar-refractivity contribution in [1.29, 1.82) is 0 Å². The summed E-state index contributed by atoms with van der Waals surface area (Å²) < 4.78 is 13.8. The van der Waals surface area contributed by atoms with Crippen LogP contribution in [0.25, 0.3) is 0 Å². The van der Waals surface area contributed by atoms with Crippen molar-refractivity contribution < 1.29 is 9.47 Å². The lowest BCUT2D eigenvalue weighted by atomic mass is 9.96. The van der Waals surface area contributed by atoms with Gasteiger partial charge in [0.1, 0.15) is 11.5 Å². The summed E-state index contributed by atoms with van der Waals surface area (Å²) in [5.41, 5.74) is 4.37. The number of hydrogen-bond acceptors (Lipinski definition) is 4. The zero-order chi connectivity index (χ0) is 20.0.